The summed E-state index contributed by atoms with van der Waals surface area (Å²) in [5.41, 5.74) is 6.82. The summed E-state index contributed by atoms with van der Waals surface area (Å²) in [5, 5.41) is 7.60. The van der Waals surface area contributed by atoms with Gasteiger partial charge in [0.2, 0.25) is 0 Å². The zero-order chi connectivity index (χ0) is 17.5. The van der Waals surface area contributed by atoms with Crippen LogP contribution in [0.15, 0.2) is 41.8 Å². The van der Waals surface area contributed by atoms with Crippen LogP contribution >= 0.6 is 23.7 Å². The number of nitrogens with one attached hydrogen (secondary N) is 2. The minimum atomic E-state index is -0.182. The molecule has 1 heterocycles. The van der Waals surface area contributed by atoms with E-state index in [1.165, 1.54) is 11.3 Å². The molecule has 0 fully saturated rings. The van der Waals surface area contributed by atoms with Gasteiger partial charge >= 0.3 is 0 Å². The number of halogens is 1. The number of rotatable bonds is 7. The number of hydrogen-bond acceptors (Lipinski definition) is 4. The van der Waals surface area contributed by atoms with E-state index in [0.29, 0.717) is 28.6 Å². The predicted octanol–water partition coefficient (Wildman–Crippen LogP) is 3.53. The summed E-state index contributed by atoms with van der Waals surface area (Å²) in [6.45, 7) is 4.59. The molecule has 5 nitrogen and oxygen atoms in total. The van der Waals surface area contributed by atoms with E-state index in [0.717, 1.165) is 6.42 Å². The third-order valence-corrected chi connectivity index (χ3v) is 4.37. The number of thiophene rings is 1. The molecule has 25 heavy (non-hydrogen) atoms. The first-order valence-corrected chi connectivity index (χ1v) is 8.83. The Morgan fingerprint density at radius 1 is 1.16 bits per heavy atom. The van der Waals surface area contributed by atoms with Gasteiger partial charge in [-0.05, 0) is 42.0 Å². The number of nitrogens with two attached hydrogens (primary N) is 1. The fourth-order valence-electron chi connectivity index (χ4n) is 2.39. The van der Waals surface area contributed by atoms with Gasteiger partial charge in [0, 0.05) is 23.8 Å². The molecule has 0 aliphatic rings. The van der Waals surface area contributed by atoms with Gasteiger partial charge in [-0.1, -0.05) is 26.0 Å². The van der Waals surface area contributed by atoms with Gasteiger partial charge in [0.1, 0.15) is 0 Å². The topological polar surface area (TPSA) is 84.2 Å². The third kappa shape index (κ3) is 6.49. The van der Waals surface area contributed by atoms with Crippen LogP contribution in [0.5, 0.6) is 0 Å². The summed E-state index contributed by atoms with van der Waals surface area (Å²) in [6.07, 6.45) is 0.830. The van der Waals surface area contributed by atoms with E-state index >= 15 is 0 Å². The Bertz CT molecular complexity index is 689. The second-order valence-corrected chi connectivity index (χ2v) is 7.00. The smallest absolute Gasteiger partial charge is 0.265 e. The molecule has 7 heteroatoms. The Morgan fingerprint density at radius 3 is 2.52 bits per heavy atom. The van der Waals surface area contributed by atoms with Crippen molar-refractivity contribution in [3.05, 3.63) is 52.2 Å². The van der Waals surface area contributed by atoms with Crippen LogP contribution in [0.1, 0.15) is 40.3 Å². The molecule has 1 aromatic heterocycles. The van der Waals surface area contributed by atoms with Gasteiger partial charge in [-0.15, -0.1) is 23.7 Å². The standard InChI is InChI=1S/C18H23N3O2S.ClH/c1-12(2)9-15(11-19)21-17(22)13-5-3-6-14(10-13)20-18(23)16-7-4-8-24-16;/h3-8,10,12,15H,9,11,19H2,1-2H3,(H,20,23)(H,21,22);1H. The zero-order valence-electron chi connectivity index (χ0n) is 14.3. The Kier molecular flexibility index (Phi) is 8.61. The van der Waals surface area contributed by atoms with Crippen molar-refractivity contribution in [2.45, 2.75) is 26.3 Å². The quantitative estimate of drug-likeness (QED) is 0.685. The fourth-order valence-corrected chi connectivity index (χ4v) is 3.01. The first-order valence-electron chi connectivity index (χ1n) is 7.95. The number of anilines is 1. The highest BCUT2D eigenvalue weighted by Crippen LogP contribution is 2.15. The first-order chi connectivity index (χ1) is 11.5. The summed E-state index contributed by atoms with van der Waals surface area (Å²) < 4.78 is 0. The van der Waals surface area contributed by atoms with Gasteiger partial charge < -0.3 is 16.4 Å². The van der Waals surface area contributed by atoms with Gasteiger partial charge in [0.15, 0.2) is 0 Å². The van der Waals surface area contributed by atoms with Crippen LogP contribution in [0.4, 0.5) is 5.69 Å². The van der Waals surface area contributed by atoms with E-state index in [2.05, 4.69) is 24.5 Å². The highest BCUT2D eigenvalue weighted by Gasteiger charge is 2.15. The molecule has 1 atom stereocenters. The second kappa shape index (κ2) is 10.2. The highest BCUT2D eigenvalue weighted by atomic mass is 35.5. The molecular formula is C18H24ClN3O2S. The van der Waals surface area contributed by atoms with Gasteiger partial charge in [-0.25, -0.2) is 0 Å². The maximum atomic E-state index is 12.4. The number of carbonyl (C=O) groups excluding carboxylic acids is 2. The SMILES string of the molecule is CC(C)CC(CN)NC(=O)c1cccc(NC(=O)c2cccs2)c1.Cl. The molecule has 4 N–H and O–H groups in total. The lowest BCUT2D eigenvalue weighted by molar-refractivity contribution is 0.0932. The van der Waals surface area contributed by atoms with Crippen LogP contribution in [0, 0.1) is 5.92 Å². The maximum Gasteiger partial charge on any atom is 0.265 e. The summed E-state index contributed by atoms with van der Waals surface area (Å²) in [6, 6.07) is 10.4. The zero-order valence-corrected chi connectivity index (χ0v) is 16.0. The Morgan fingerprint density at radius 2 is 1.92 bits per heavy atom. The van der Waals surface area contributed by atoms with E-state index in [1.807, 2.05) is 11.4 Å². The second-order valence-electron chi connectivity index (χ2n) is 6.05. The van der Waals surface area contributed by atoms with Crippen molar-refractivity contribution in [1.82, 2.24) is 5.32 Å². The van der Waals surface area contributed by atoms with Crippen LogP contribution < -0.4 is 16.4 Å². The minimum absolute atomic E-state index is 0. The molecule has 0 spiro atoms. The van der Waals surface area contributed by atoms with E-state index in [4.69, 9.17) is 5.73 Å². The molecule has 0 radical (unpaired) electrons. The molecule has 1 aromatic carbocycles. The summed E-state index contributed by atoms with van der Waals surface area (Å²) in [4.78, 5) is 25.1. The number of carbonyl (C=O) groups is 2. The van der Waals surface area contributed by atoms with Crippen molar-refractivity contribution >= 4 is 41.2 Å². The highest BCUT2D eigenvalue weighted by molar-refractivity contribution is 7.12. The van der Waals surface area contributed by atoms with Gasteiger partial charge in [0.25, 0.3) is 11.8 Å². The Hall–Kier alpha value is -1.89. The molecule has 2 amide bonds. The van der Waals surface area contributed by atoms with E-state index < -0.39 is 0 Å². The predicted molar refractivity (Wildman–Crippen MR) is 106 cm³/mol. The van der Waals surface area contributed by atoms with Crippen LogP contribution in [0.25, 0.3) is 0 Å². The molecule has 2 rings (SSSR count). The average molecular weight is 382 g/mol. The number of amides is 2. The number of benzene rings is 1. The molecule has 0 aliphatic carbocycles. The molecule has 136 valence electrons. The first kappa shape index (κ1) is 21.2. The van der Waals surface area contributed by atoms with Crippen molar-refractivity contribution in [2.75, 3.05) is 11.9 Å². The number of hydrogen-bond donors (Lipinski definition) is 3. The van der Waals surface area contributed by atoms with E-state index in [1.54, 1.807) is 30.3 Å². The molecule has 0 saturated heterocycles. The van der Waals surface area contributed by atoms with Crippen molar-refractivity contribution in [2.24, 2.45) is 11.7 Å². The van der Waals surface area contributed by atoms with Gasteiger partial charge in [-0.3, -0.25) is 9.59 Å². The van der Waals surface area contributed by atoms with Crippen LogP contribution in [0.2, 0.25) is 0 Å². The van der Waals surface area contributed by atoms with Crippen molar-refractivity contribution in [1.29, 1.82) is 0 Å². The van der Waals surface area contributed by atoms with E-state index in [9.17, 15) is 9.59 Å². The molecule has 2 aromatic rings. The third-order valence-electron chi connectivity index (χ3n) is 3.50. The monoisotopic (exact) mass is 381 g/mol. The van der Waals surface area contributed by atoms with E-state index in [-0.39, 0.29) is 30.3 Å². The molecule has 0 aliphatic heterocycles. The summed E-state index contributed by atoms with van der Waals surface area (Å²) >= 11 is 1.37. The maximum absolute atomic E-state index is 12.4. The lowest BCUT2D eigenvalue weighted by Gasteiger charge is -2.19. The minimum Gasteiger partial charge on any atom is -0.348 e. The average Bonchev–Trinajstić information content (AvgIpc) is 3.08. The van der Waals surface area contributed by atoms with Gasteiger partial charge in [0.05, 0.1) is 4.88 Å². The summed E-state index contributed by atoms with van der Waals surface area (Å²) in [7, 11) is 0. The van der Waals surface area contributed by atoms with Crippen molar-refractivity contribution in [3.8, 4) is 0 Å². The lowest BCUT2D eigenvalue weighted by Crippen LogP contribution is -2.41. The van der Waals surface area contributed by atoms with Crippen molar-refractivity contribution in [3.63, 3.8) is 0 Å². The van der Waals surface area contributed by atoms with Crippen LogP contribution in [0.3, 0.4) is 0 Å². The van der Waals surface area contributed by atoms with Crippen LogP contribution in [-0.2, 0) is 0 Å². The largest absolute Gasteiger partial charge is 0.348 e. The fraction of sp³-hybridized carbons (Fsp3) is 0.333. The lowest BCUT2D eigenvalue weighted by atomic mass is 10.0. The molecular weight excluding hydrogens is 358 g/mol. The van der Waals surface area contributed by atoms with Gasteiger partial charge in [-0.2, -0.15) is 0 Å². The van der Waals surface area contributed by atoms with Crippen molar-refractivity contribution < 1.29 is 9.59 Å². The molecule has 0 bridgehead atoms. The Labute approximate surface area is 158 Å². The normalized spacial score (nSPS) is 11.5. The summed E-state index contributed by atoms with van der Waals surface area (Å²) in [5.74, 6) is 0.0933. The molecule has 0 saturated carbocycles. The molecule has 1 unspecified atom stereocenters. The Balaban J connectivity index is 0.00000312. The van der Waals surface area contributed by atoms with Crippen LogP contribution in [-0.4, -0.2) is 24.4 Å².